The molecule has 2 rings (SSSR count). The molecule has 0 fully saturated rings. The highest BCUT2D eigenvalue weighted by Crippen LogP contribution is 2.21. The highest BCUT2D eigenvalue weighted by Gasteiger charge is 2.06. The highest BCUT2D eigenvalue weighted by atomic mass is 32.1. The summed E-state index contributed by atoms with van der Waals surface area (Å²) in [4.78, 5) is 19.7. The number of nitrogens with zero attached hydrogens (tertiary/aromatic N) is 3. The fourth-order valence-electron chi connectivity index (χ4n) is 1.32. The highest BCUT2D eigenvalue weighted by molar-refractivity contribution is 7.13. The summed E-state index contributed by atoms with van der Waals surface area (Å²) in [5.41, 5.74) is 1.59. The van der Waals surface area contributed by atoms with E-state index in [2.05, 4.69) is 15.3 Å². The van der Waals surface area contributed by atoms with Crippen LogP contribution < -0.4 is 5.32 Å². The van der Waals surface area contributed by atoms with E-state index in [1.54, 1.807) is 12.3 Å². The van der Waals surface area contributed by atoms with Crippen molar-refractivity contribution in [3.8, 4) is 16.8 Å². The number of nitriles is 1. The van der Waals surface area contributed by atoms with Crippen LogP contribution in [0.2, 0.25) is 0 Å². The van der Waals surface area contributed by atoms with E-state index in [1.807, 2.05) is 23.6 Å². The van der Waals surface area contributed by atoms with Crippen LogP contribution in [0.15, 0.2) is 29.8 Å². The third-order valence-corrected chi connectivity index (χ3v) is 3.06. The van der Waals surface area contributed by atoms with Gasteiger partial charge in [-0.25, -0.2) is 4.98 Å². The lowest BCUT2D eigenvalue weighted by Gasteiger charge is -1.98. The molecule has 2 aromatic heterocycles. The molecule has 0 aliphatic heterocycles. The van der Waals surface area contributed by atoms with Gasteiger partial charge in [-0.1, -0.05) is 6.07 Å². The topological polar surface area (TPSA) is 78.7 Å². The molecule has 0 unspecified atom stereocenters. The van der Waals surface area contributed by atoms with Crippen LogP contribution in [-0.4, -0.2) is 15.9 Å². The first-order valence-corrected chi connectivity index (χ1v) is 6.17. The second kappa shape index (κ2) is 5.89. The minimum Gasteiger partial charge on any atom is -0.350 e. The van der Waals surface area contributed by atoms with Gasteiger partial charge >= 0.3 is 0 Å². The lowest BCUT2D eigenvalue weighted by Crippen LogP contribution is -2.21. The van der Waals surface area contributed by atoms with Crippen LogP contribution in [0.4, 0.5) is 0 Å². The van der Waals surface area contributed by atoms with Crippen molar-refractivity contribution < 1.29 is 4.79 Å². The standard InChI is InChI=1S/C12H10N4OS/c13-5-4-11(17)15-7-9-8-18-12(16-9)10-3-1-2-6-14-10/h1-3,6,8H,4,7H2,(H,15,17). The van der Waals surface area contributed by atoms with E-state index in [4.69, 9.17) is 5.26 Å². The summed E-state index contributed by atoms with van der Waals surface area (Å²) < 4.78 is 0. The molecular weight excluding hydrogens is 248 g/mol. The Morgan fingerprint density at radius 1 is 1.50 bits per heavy atom. The van der Waals surface area contributed by atoms with Gasteiger partial charge < -0.3 is 5.32 Å². The Hall–Kier alpha value is -2.26. The normalized spacial score (nSPS) is 9.72. The summed E-state index contributed by atoms with van der Waals surface area (Å²) in [6.07, 6.45) is 1.59. The van der Waals surface area contributed by atoms with E-state index in [0.717, 1.165) is 16.4 Å². The van der Waals surface area contributed by atoms with Crippen LogP contribution >= 0.6 is 11.3 Å². The van der Waals surface area contributed by atoms with Gasteiger partial charge in [0.25, 0.3) is 0 Å². The molecule has 0 saturated carbocycles. The average molecular weight is 258 g/mol. The molecule has 5 nitrogen and oxygen atoms in total. The van der Waals surface area contributed by atoms with Gasteiger partial charge in [0.05, 0.1) is 24.0 Å². The number of carbonyl (C=O) groups excluding carboxylic acids is 1. The summed E-state index contributed by atoms with van der Waals surface area (Å²) in [5.74, 6) is -0.287. The third-order valence-electron chi connectivity index (χ3n) is 2.14. The molecule has 0 aromatic carbocycles. The van der Waals surface area contributed by atoms with Crippen LogP contribution in [0.25, 0.3) is 10.7 Å². The van der Waals surface area contributed by atoms with Gasteiger partial charge in [0.1, 0.15) is 11.4 Å². The van der Waals surface area contributed by atoms with E-state index in [0.29, 0.717) is 6.54 Å². The summed E-state index contributed by atoms with van der Waals surface area (Å²) in [6, 6.07) is 7.43. The van der Waals surface area contributed by atoms with Gasteiger partial charge in [-0.2, -0.15) is 5.26 Å². The van der Waals surface area contributed by atoms with Gasteiger partial charge in [0.2, 0.25) is 5.91 Å². The van der Waals surface area contributed by atoms with Crippen molar-refractivity contribution in [3.63, 3.8) is 0 Å². The molecule has 1 amide bonds. The molecule has 1 N–H and O–H groups in total. The fourth-order valence-corrected chi connectivity index (χ4v) is 2.11. The number of amides is 1. The van der Waals surface area contributed by atoms with Gasteiger partial charge in [-0.05, 0) is 12.1 Å². The summed E-state index contributed by atoms with van der Waals surface area (Å²) in [5, 5.41) is 13.7. The van der Waals surface area contributed by atoms with Gasteiger partial charge in [-0.15, -0.1) is 11.3 Å². The number of carbonyl (C=O) groups is 1. The molecular formula is C12H10N4OS. The Kier molecular flexibility index (Phi) is 3.99. The lowest BCUT2D eigenvalue weighted by atomic mass is 10.3. The maximum absolute atomic E-state index is 11.1. The number of thiazole rings is 1. The van der Waals surface area contributed by atoms with Gasteiger partial charge in [0, 0.05) is 11.6 Å². The van der Waals surface area contributed by atoms with Gasteiger partial charge in [0.15, 0.2) is 0 Å². The maximum atomic E-state index is 11.1. The predicted octanol–water partition coefficient (Wildman–Crippen LogP) is 1.73. The Bertz CT molecular complexity index is 573. The summed E-state index contributed by atoms with van der Waals surface area (Å²) >= 11 is 1.48. The van der Waals surface area contributed by atoms with Crippen LogP contribution in [0.3, 0.4) is 0 Å². The number of hydrogen-bond donors (Lipinski definition) is 1. The molecule has 0 aliphatic carbocycles. The number of aromatic nitrogens is 2. The van der Waals surface area contributed by atoms with Crippen LogP contribution in [0, 0.1) is 11.3 Å². The van der Waals surface area contributed by atoms with Crippen molar-refractivity contribution in [1.29, 1.82) is 5.26 Å². The molecule has 0 atom stereocenters. The molecule has 0 spiro atoms. The quantitative estimate of drug-likeness (QED) is 0.905. The van der Waals surface area contributed by atoms with Crippen molar-refractivity contribution in [2.45, 2.75) is 13.0 Å². The third kappa shape index (κ3) is 3.12. The molecule has 2 heterocycles. The van der Waals surface area contributed by atoms with Gasteiger partial charge in [-0.3, -0.25) is 9.78 Å². The summed E-state index contributed by atoms with van der Waals surface area (Å²) in [7, 11) is 0. The van der Waals surface area contributed by atoms with Crippen molar-refractivity contribution >= 4 is 17.2 Å². The minimum atomic E-state index is -0.287. The largest absolute Gasteiger partial charge is 0.350 e. The Morgan fingerprint density at radius 2 is 2.39 bits per heavy atom. The second-order valence-corrected chi connectivity index (χ2v) is 4.33. The fraction of sp³-hybridized carbons (Fsp3) is 0.167. The molecule has 90 valence electrons. The van der Waals surface area contributed by atoms with Crippen LogP contribution in [0.5, 0.6) is 0 Å². The van der Waals surface area contributed by atoms with E-state index in [9.17, 15) is 4.79 Å². The zero-order valence-electron chi connectivity index (χ0n) is 9.46. The number of hydrogen-bond acceptors (Lipinski definition) is 5. The zero-order chi connectivity index (χ0) is 12.8. The molecule has 0 saturated heterocycles. The number of nitrogens with one attached hydrogen (secondary N) is 1. The Balaban J connectivity index is 1.99. The molecule has 6 heteroatoms. The zero-order valence-corrected chi connectivity index (χ0v) is 10.3. The van der Waals surface area contributed by atoms with E-state index >= 15 is 0 Å². The van der Waals surface area contributed by atoms with Crippen molar-refractivity contribution in [2.24, 2.45) is 0 Å². The Labute approximate surface area is 108 Å². The smallest absolute Gasteiger partial charge is 0.234 e. The first-order valence-electron chi connectivity index (χ1n) is 5.29. The average Bonchev–Trinajstić information content (AvgIpc) is 2.87. The number of pyridine rings is 1. The van der Waals surface area contributed by atoms with Crippen molar-refractivity contribution in [1.82, 2.24) is 15.3 Å². The number of rotatable bonds is 4. The van der Waals surface area contributed by atoms with Crippen molar-refractivity contribution in [2.75, 3.05) is 0 Å². The maximum Gasteiger partial charge on any atom is 0.234 e. The second-order valence-electron chi connectivity index (χ2n) is 3.47. The Morgan fingerprint density at radius 3 is 3.11 bits per heavy atom. The summed E-state index contributed by atoms with van der Waals surface area (Å²) in [6.45, 7) is 0.337. The molecule has 0 aliphatic rings. The molecule has 0 bridgehead atoms. The van der Waals surface area contributed by atoms with E-state index < -0.39 is 0 Å². The molecule has 18 heavy (non-hydrogen) atoms. The van der Waals surface area contributed by atoms with E-state index in [1.165, 1.54) is 11.3 Å². The van der Waals surface area contributed by atoms with Crippen LogP contribution in [-0.2, 0) is 11.3 Å². The predicted molar refractivity (Wildman–Crippen MR) is 67.4 cm³/mol. The molecule has 0 radical (unpaired) electrons. The molecule has 2 aromatic rings. The van der Waals surface area contributed by atoms with Crippen LogP contribution in [0.1, 0.15) is 12.1 Å². The monoisotopic (exact) mass is 258 g/mol. The van der Waals surface area contributed by atoms with Crippen molar-refractivity contribution in [3.05, 3.63) is 35.5 Å². The minimum absolute atomic E-state index is 0.128. The van der Waals surface area contributed by atoms with E-state index in [-0.39, 0.29) is 12.3 Å². The first-order chi connectivity index (χ1) is 8.79. The first kappa shape index (κ1) is 12.2. The lowest BCUT2D eigenvalue weighted by molar-refractivity contribution is -0.120. The SMILES string of the molecule is N#CCC(=O)NCc1csc(-c2ccccn2)n1.